The first-order chi connectivity index (χ1) is 14.6. The SMILES string of the molecule is Cc1cccc(NC(=O)C(=O)NC[C@H](c2ccco2)N2CCc3ccccc3C2)c1. The molecule has 2 aromatic carbocycles. The molecule has 3 aromatic rings. The van der Waals surface area contributed by atoms with E-state index in [4.69, 9.17) is 4.42 Å². The van der Waals surface area contributed by atoms with E-state index in [2.05, 4.69) is 33.7 Å². The van der Waals surface area contributed by atoms with Gasteiger partial charge in [0.05, 0.1) is 12.3 Å². The van der Waals surface area contributed by atoms with Gasteiger partial charge >= 0.3 is 11.8 Å². The van der Waals surface area contributed by atoms with Crippen molar-refractivity contribution >= 4 is 17.5 Å². The minimum atomic E-state index is -0.678. The second-order valence-corrected chi connectivity index (χ2v) is 7.55. The van der Waals surface area contributed by atoms with Crippen LogP contribution in [0, 0.1) is 6.92 Å². The number of fused-ring (bicyclic) bond motifs is 1. The van der Waals surface area contributed by atoms with E-state index in [1.54, 1.807) is 12.3 Å². The number of hydrogen-bond acceptors (Lipinski definition) is 4. The first kappa shape index (κ1) is 19.9. The summed E-state index contributed by atoms with van der Waals surface area (Å²) in [5.74, 6) is -0.568. The Labute approximate surface area is 175 Å². The average molecular weight is 403 g/mol. The number of nitrogens with zero attached hydrogens (tertiary/aromatic N) is 1. The molecule has 6 heteroatoms. The summed E-state index contributed by atoms with van der Waals surface area (Å²) in [5.41, 5.74) is 4.25. The zero-order chi connectivity index (χ0) is 20.9. The summed E-state index contributed by atoms with van der Waals surface area (Å²) in [6.45, 7) is 3.84. The maximum Gasteiger partial charge on any atom is 0.313 e. The molecule has 0 bridgehead atoms. The number of rotatable bonds is 5. The Morgan fingerprint density at radius 3 is 2.63 bits per heavy atom. The fourth-order valence-corrected chi connectivity index (χ4v) is 3.85. The number of anilines is 1. The predicted molar refractivity (Wildman–Crippen MR) is 115 cm³/mol. The van der Waals surface area contributed by atoms with Gasteiger partial charge in [0.2, 0.25) is 0 Å². The number of carbonyl (C=O) groups excluding carboxylic acids is 2. The fourth-order valence-electron chi connectivity index (χ4n) is 3.85. The Balaban J connectivity index is 1.42. The summed E-state index contributed by atoms with van der Waals surface area (Å²) in [4.78, 5) is 27.0. The first-order valence-corrected chi connectivity index (χ1v) is 10.1. The average Bonchev–Trinajstić information content (AvgIpc) is 3.28. The van der Waals surface area contributed by atoms with Crippen LogP contribution in [0.1, 0.15) is 28.5 Å². The van der Waals surface area contributed by atoms with E-state index in [9.17, 15) is 9.59 Å². The summed E-state index contributed by atoms with van der Waals surface area (Å²) in [6, 6.07) is 19.3. The van der Waals surface area contributed by atoms with Crippen LogP contribution in [0.25, 0.3) is 0 Å². The minimum Gasteiger partial charge on any atom is -0.468 e. The highest BCUT2D eigenvalue weighted by molar-refractivity contribution is 6.39. The van der Waals surface area contributed by atoms with E-state index in [-0.39, 0.29) is 12.6 Å². The molecule has 154 valence electrons. The molecule has 0 saturated carbocycles. The number of carbonyl (C=O) groups is 2. The third-order valence-corrected chi connectivity index (χ3v) is 5.41. The van der Waals surface area contributed by atoms with Gasteiger partial charge in [-0.15, -0.1) is 0 Å². The van der Waals surface area contributed by atoms with Crippen LogP contribution in [0.5, 0.6) is 0 Å². The van der Waals surface area contributed by atoms with Gasteiger partial charge < -0.3 is 15.1 Å². The van der Waals surface area contributed by atoms with Gasteiger partial charge in [-0.1, -0.05) is 36.4 Å². The van der Waals surface area contributed by atoms with E-state index in [1.165, 1.54) is 11.1 Å². The summed E-state index contributed by atoms with van der Waals surface area (Å²) in [7, 11) is 0. The molecule has 0 radical (unpaired) electrons. The molecule has 0 spiro atoms. The third kappa shape index (κ3) is 4.60. The Kier molecular flexibility index (Phi) is 5.95. The maximum atomic E-state index is 12.4. The predicted octanol–water partition coefficient (Wildman–Crippen LogP) is 3.44. The van der Waals surface area contributed by atoms with Crippen LogP contribution >= 0.6 is 0 Å². The molecule has 30 heavy (non-hydrogen) atoms. The first-order valence-electron chi connectivity index (χ1n) is 10.1. The fraction of sp³-hybridized carbons (Fsp3) is 0.250. The van der Waals surface area contributed by atoms with Gasteiger partial charge in [-0.25, -0.2) is 0 Å². The van der Waals surface area contributed by atoms with Gasteiger partial charge in [-0.3, -0.25) is 14.5 Å². The maximum absolute atomic E-state index is 12.4. The van der Waals surface area contributed by atoms with Crippen LogP contribution in [0.3, 0.4) is 0 Å². The molecular weight excluding hydrogens is 378 g/mol. The number of furan rings is 1. The molecule has 1 atom stereocenters. The largest absolute Gasteiger partial charge is 0.468 e. The second kappa shape index (κ2) is 8.97. The molecule has 1 aliphatic rings. The van der Waals surface area contributed by atoms with Gasteiger partial charge in [0, 0.05) is 25.3 Å². The molecule has 4 rings (SSSR count). The zero-order valence-corrected chi connectivity index (χ0v) is 16.9. The highest BCUT2D eigenvalue weighted by atomic mass is 16.3. The second-order valence-electron chi connectivity index (χ2n) is 7.55. The zero-order valence-electron chi connectivity index (χ0n) is 16.9. The summed E-state index contributed by atoms with van der Waals surface area (Å²) in [6.07, 6.45) is 2.57. The van der Waals surface area contributed by atoms with E-state index < -0.39 is 11.8 Å². The summed E-state index contributed by atoms with van der Waals surface area (Å²) >= 11 is 0. The number of hydrogen-bond donors (Lipinski definition) is 2. The Morgan fingerprint density at radius 2 is 1.87 bits per heavy atom. The number of aryl methyl sites for hydroxylation is 1. The molecule has 2 amide bonds. The van der Waals surface area contributed by atoms with Gasteiger partial charge in [-0.2, -0.15) is 0 Å². The Morgan fingerprint density at radius 1 is 1.03 bits per heavy atom. The van der Waals surface area contributed by atoms with Gasteiger partial charge in [0.25, 0.3) is 0 Å². The lowest BCUT2D eigenvalue weighted by Gasteiger charge is -2.34. The van der Waals surface area contributed by atoms with Crippen molar-refractivity contribution in [2.75, 3.05) is 18.4 Å². The van der Waals surface area contributed by atoms with Crippen molar-refractivity contribution in [1.29, 1.82) is 0 Å². The Bertz CT molecular complexity index is 1030. The molecule has 6 nitrogen and oxygen atoms in total. The summed E-state index contributed by atoms with van der Waals surface area (Å²) in [5, 5.41) is 5.42. The van der Waals surface area contributed by atoms with E-state index in [0.717, 1.165) is 30.8 Å². The van der Waals surface area contributed by atoms with Gasteiger partial charge in [-0.05, 0) is 54.3 Å². The molecule has 2 N–H and O–H groups in total. The Hall–Kier alpha value is -3.38. The topological polar surface area (TPSA) is 74.6 Å². The van der Waals surface area contributed by atoms with Crippen LogP contribution in [0.4, 0.5) is 5.69 Å². The highest BCUT2D eigenvalue weighted by Gasteiger charge is 2.27. The highest BCUT2D eigenvalue weighted by Crippen LogP contribution is 2.27. The number of amides is 2. The summed E-state index contributed by atoms with van der Waals surface area (Å²) < 4.78 is 5.64. The van der Waals surface area contributed by atoms with Gasteiger partial charge in [0.15, 0.2) is 0 Å². The van der Waals surface area contributed by atoms with Crippen molar-refractivity contribution < 1.29 is 14.0 Å². The van der Waals surface area contributed by atoms with Crippen molar-refractivity contribution in [3.8, 4) is 0 Å². The van der Waals surface area contributed by atoms with E-state index in [0.29, 0.717) is 5.69 Å². The normalized spacial score (nSPS) is 14.6. The van der Waals surface area contributed by atoms with E-state index >= 15 is 0 Å². The lowest BCUT2D eigenvalue weighted by molar-refractivity contribution is -0.136. The monoisotopic (exact) mass is 403 g/mol. The molecule has 0 fully saturated rings. The molecular formula is C24H25N3O3. The minimum absolute atomic E-state index is 0.149. The van der Waals surface area contributed by atoms with Gasteiger partial charge in [0.1, 0.15) is 5.76 Å². The van der Waals surface area contributed by atoms with Crippen molar-refractivity contribution in [3.63, 3.8) is 0 Å². The van der Waals surface area contributed by atoms with E-state index in [1.807, 2.05) is 43.3 Å². The van der Waals surface area contributed by atoms with Crippen molar-refractivity contribution in [2.45, 2.75) is 25.9 Å². The van der Waals surface area contributed by atoms with Crippen LogP contribution in [0.2, 0.25) is 0 Å². The standard InChI is InChI=1S/C24H25N3O3/c1-17-6-4-9-20(14-17)26-24(29)23(28)25-15-21(22-10-5-13-30-22)27-12-11-18-7-2-3-8-19(18)16-27/h2-10,13-14,21H,11-12,15-16H2,1H3,(H,25,28)(H,26,29)/t21-/m1/s1. The third-order valence-electron chi connectivity index (χ3n) is 5.41. The van der Waals surface area contributed by atoms with Crippen molar-refractivity contribution in [1.82, 2.24) is 10.2 Å². The van der Waals surface area contributed by atoms with Crippen LogP contribution in [-0.4, -0.2) is 29.8 Å². The molecule has 2 heterocycles. The molecule has 1 aromatic heterocycles. The molecule has 0 saturated heterocycles. The van der Waals surface area contributed by atoms with Crippen molar-refractivity contribution in [3.05, 3.63) is 89.4 Å². The molecule has 1 aliphatic heterocycles. The quantitative estimate of drug-likeness (QED) is 0.640. The van der Waals surface area contributed by atoms with Crippen LogP contribution in [-0.2, 0) is 22.6 Å². The van der Waals surface area contributed by atoms with Crippen LogP contribution < -0.4 is 10.6 Å². The lowest BCUT2D eigenvalue weighted by atomic mass is 9.98. The van der Waals surface area contributed by atoms with Crippen molar-refractivity contribution in [2.24, 2.45) is 0 Å². The van der Waals surface area contributed by atoms with Crippen LogP contribution in [0.15, 0.2) is 71.3 Å². The smallest absolute Gasteiger partial charge is 0.313 e. The number of benzene rings is 2. The molecule has 0 unspecified atom stereocenters. The number of nitrogens with one attached hydrogen (secondary N) is 2. The molecule has 0 aliphatic carbocycles. The lowest BCUT2D eigenvalue weighted by Crippen LogP contribution is -2.43.